The molecule has 0 heterocycles. The predicted octanol–water partition coefficient (Wildman–Crippen LogP) is 3.31. The second kappa shape index (κ2) is 10.6. The second-order valence-corrected chi connectivity index (χ2v) is 6.84. The number of methoxy groups -OCH3 is 1. The van der Waals surface area contributed by atoms with E-state index in [1.54, 1.807) is 32.2 Å². The molecule has 0 aromatic heterocycles. The van der Waals surface area contributed by atoms with Crippen LogP contribution in [0.5, 0.6) is 5.75 Å². The highest BCUT2D eigenvalue weighted by Crippen LogP contribution is 2.22. The first-order chi connectivity index (χ1) is 13.4. The summed E-state index contributed by atoms with van der Waals surface area (Å²) in [6.45, 7) is 3.83. The Balaban J connectivity index is 2.03. The number of rotatable bonds is 7. The Labute approximate surface area is 171 Å². The van der Waals surface area contributed by atoms with E-state index in [2.05, 4.69) is 15.6 Å². The van der Waals surface area contributed by atoms with Crippen molar-refractivity contribution in [1.82, 2.24) is 15.5 Å². The van der Waals surface area contributed by atoms with E-state index < -0.39 is 0 Å². The summed E-state index contributed by atoms with van der Waals surface area (Å²) in [5, 5.41) is 7.17. The minimum Gasteiger partial charge on any atom is -0.496 e. The van der Waals surface area contributed by atoms with Crippen LogP contribution in [-0.2, 0) is 13.1 Å². The number of ether oxygens (including phenoxy) is 1. The van der Waals surface area contributed by atoms with Crippen molar-refractivity contribution in [3.63, 3.8) is 0 Å². The van der Waals surface area contributed by atoms with E-state index in [4.69, 9.17) is 16.3 Å². The van der Waals surface area contributed by atoms with Gasteiger partial charge in [0.2, 0.25) is 0 Å². The molecule has 150 valence electrons. The number of amides is 1. The van der Waals surface area contributed by atoms with Gasteiger partial charge in [-0.1, -0.05) is 29.8 Å². The maximum absolute atomic E-state index is 12.0. The number of hydrogen-bond donors (Lipinski definition) is 2. The molecule has 0 fully saturated rings. The minimum atomic E-state index is -0.0121. The number of hydrogen-bond acceptors (Lipinski definition) is 3. The number of benzene rings is 2. The van der Waals surface area contributed by atoms with E-state index in [0.717, 1.165) is 23.4 Å². The quantitative estimate of drug-likeness (QED) is 0.551. The number of carbonyl (C=O) groups is 1. The molecule has 0 unspecified atom stereocenters. The lowest BCUT2D eigenvalue weighted by molar-refractivity contribution is 0.0827. The summed E-state index contributed by atoms with van der Waals surface area (Å²) < 4.78 is 5.38. The molecule has 0 aliphatic carbocycles. The lowest BCUT2D eigenvalue weighted by Gasteiger charge is -2.14. The van der Waals surface area contributed by atoms with E-state index in [-0.39, 0.29) is 5.91 Å². The zero-order valence-corrected chi connectivity index (χ0v) is 17.5. The minimum absolute atomic E-state index is 0.0121. The van der Waals surface area contributed by atoms with Gasteiger partial charge in [0.15, 0.2) is 5.96 Å². The van der Waals surface area contributed by atoms with Crippen molar-refractivity contribution in [3.8, 4) is 5.75 Å². The Kier molecular flexibility index (Phi) is 8.14. The first kappa shape index (κ1) is 21.6. The van der Waals surface area contributed by atoms with E-state index >= 15 is 0 Å². The van der Waals surface area contributed by atoms with Crippen molar-refractivity contribution in [2.45, 2.75) is 20.0 Å². The smallest absolute Gasteiger partial charge is 0.253 e. The molecule has 28 heavy (non-hydrogen) atoms. The lowest BCUT2D eigenvalue weighted by Crippen LogP contribution is -2.36. The second-order valence-electron chi connectivity index (χ2n) is 6.40. The van der Waals surface area contributed by atoms with Crippen LogP contribution in [0.1, 0.15) is 28.4 Å². The van der Waals surface area contributed by atoms with Crippen molar-refractivity contribution in [2.75, 3.05) is 27.7 Å². The van der Waals surface area contributed by atoms with Gasteiger partial charge in [-0.2, -0.15) is 0 Å². The van der Waals surface area contributed by atoms with Gasteiger partial charge in [-0.3, -0.25) is 4.79 Å². The Morgan fingerprint density at radius 3 is 2.46 bits per heavy atom. The fourth-order valence-electron chi connectivity index (χ4n) is 2.57. The molecular weight excluding hydrogens is 376 g/mol. The molecule has 0 bridgehead atoms. The summed E-state index contributed by atoms with van der Waals surface area (Å²) in [5.41, 5.74) is 2.68. The van der Waals surface area contributed by atoms with Crippen LogP contribution in [0.2, 0.25) is 5.02 Å². The zero-order valence-electron chi connectivity index (χ0n) is 16.8. The molecule has 1 amide bonds. The normalized spacial score (nSPS) is 11.1. The van der Waals surface area contributed by atoms with E-state index in [1.807, 2.05) is 43.3 Å². The Morgan fingerprint density at radius 2 is 1.86 bits per heavy atom. The molecule has 2 aromatic carbocycles. The number of halogens is 1. The van der Waals surface area contributed by atoms with Crippen molar-refractivity contribution in [1.29, 1.82) is 0 Å². The molecule has 0 aliphatic heterocycles. The molecule has 0 spiro atoms. The van der Waals surface area contributed by atoms with Crippen LogP contribution < -0.4 is 15.4 Å². The predicted molar refractivity (Wildman–Crippen MR) is 114 cm³/mol. The van der Waals surface area contributed by atoms with Gasteiger partial charge in [-0.25, -0.2) is 4.99 Å². The third-order valence-corrected chi connectivity index (χ3v) is 4.30. The van der Waals surface area contributed by atoms with Crippen molar-refractivity contribution in [2.24, 2.45) is 4.99 Å². The fraction of sp³-hybridized carbons (Fsp3) is 0.333. The first-order valence-corrected chi connectivity index (χ1v) is 9.47. The van der Waals surface area contributed by atoms with Gasteiger partial charge in [0, 0.05) is 43.3 Å². The average molecular weight is 403 g/mol. The molecule has 0 saturated carbocycles. The summed E-state index contributed by atoms with van der Waals surface area (Å²) >= 11 is 6.01. The van der Waals surface area contributed by atoms with E-state index in [9.17, 15) is 4.79 Å². The van der Waals surface area contributed by atoms with E-state index in [0.29, 0.717) is 29.6 Å². The average Bonchev–Trinajstić information content (AvgIpc) is 2.70. The molecular formula is C21H27ClN4O2. The molecule has 2 rings (SSSR count). The topological polar surface area (TPSA) is 66.0 Å². The van der Waals surface area contributed by atoms with Gasteiger partial charge < -0.3 is 20.3 Å². The number of nitrogens with one attached hydrogen (secondary N) is 2. The maximum atomic E-state index is 12.0. The van der Waals surface area contributed by atoms with Crippen LogP contribution in [0.3, 0.4) is 0 Å². The van der Waals surface area contributed by atoms with Crippen LogP contribution >= 0.6 is 11.6 Å². The molecule has 2 aromatic rings. The van der Waals surface area contributed by atoms with Crippen LogP contribution in [0.15, 0.2) is 47.5 Å². The molecule has 6 nitrogen and oxygen atoms in total. The van der Waals surface area contributed by atoms with Crippen LogP contribution in [-0.4, -0.2) is 44.5 Å². The highest BCUT2D eigenvalue weighted by Gasteiger charge is 2.08. The standard InChI is InChI=1S/C21H27ClN4O2/c1-5-23-21(25-14-17-10-11-18(22)12-19(17)28-4)24-13-15-6-8-16(9-7-15)20(27)26(2)3/h6-12H,5,13-14H2,1-4H3,(H2,23,24,25). The highest BCUT2D eigenvalue weighted by molar-refractivity contribution is 6.30. The van der Waals surface area contributed by atoms with Gasteiger partial charge >= 0.3 is 0 Å². The number of aliphatic imine (C=N–C) groups is 1. The Morgan fingerprint density at radius 1 is 1.14 bits per heavy atom. The van der Waals surface area contributed by atoms with Crippen molar-refractivity contribution < 1.29 is 9.53 Å². The van der Waals surface area contributed by atoms with Crippen LogP contribution in [0.25, 0.3) is 0 Å². The number of carbonyl (C=O) groups excluding carboxylic acids is 1. The Bertz CT molecular complexity index is 820. The van der Waals surface area contributed by atoms with Crippen LogP contribution in [0.4, 0.5) is 0 Å². The molecule has 7 heteroatoms. The molecule has 2 N–H and O–H groups in total. The van der Waals surface area contributed by atoms with Gasteiger partial charge in [0.1, 0.15) is 5.75 Å². The highest BCUT2D eigenvalue weighted by atomic mass is 35.5. The number of guanidine groups is 1. The summed E-state index contributed by atoms with van der Waals surface area (Å²) in [7, 11) is 5.11. The van der Waals surface area contributed by atoms with Crippen LogP contribution in [0, 0.1) is 0 Å². The third kappa shape index (κ3) is 6.16. The monoisotopic (exact) mass is 402 g/mol. The first-order valence-electron chi connectivity index (χ1n) is 9.09. The molecule has 0 radical (unpaired) electrons. The zero-order chi connectivity index (χ0) is 20.5. The van der Waals surface area contributed by atoms with Gasteiger partial charge in [0.05, 0.1) is 13.7 Å². The lowest BCUT2D eigenvalue weighted by atomic mass is 10.1. The maximum Gasteiger partial charge on any atom is 0.253 e. The van der Waals surface area contributed by atoms with Crippen molar-refractivity contribution >= 4 is 23.5 Å². The molecule has 0 atom stereocenters. The fourth-order valence-corrected chi connectivity index (χ4v) is 2.73. The molecule has 0 saturated heterocycles. The third-order valence-electron chi connectivity index (χ3n) is 4.07. The summed E-state index contributed by atoms with van der Waals surface area (Å²) in [6, 6.07) is 13.1. The van der Waals surface area contributed by atoms with Crippen molar-refractivity contribution in [3.05, 3.63) is 64.2 Å². The van der Waals surface area contributed by atoms with Gasteiger partial charge in [-0.15, -0.1) is 0 Å². The number of nitrogens with zero attached hydrogens (tertiary/aromatic N) is 2. The molecule has 0 aliphatic rings. The summed E-state index contributed by atoms with van der Waals surface area (Å²) in [5.74, 6) is 1.42. The van der Waals surface area contributed by atoms with Gasteiger partial charge in [0.25, 0.3) is 5.91 Å². The van der Waals surface area contributed by atoms with Gasteiger partial charge in [-0.05, 0) is 36.8 Å². The SMILES string of the molecule is CCNC(=NCc1ccc(C(=O)N(C)C)cc1)NCc1ccc(Cl)cc1OC. The summed E-state index contributed by atoms with van der Waals surface area (Å²) in [4.78, 5) is 18.1. The largest absolute Gasteiger partial charge is 0.496 e. The summed E-state index contributed by atoms with van der Waals surface area (Å²) in [6.07, 6.45) is 0. The van der Waals surface area contributed by atoms with E-state index in [1.165, 1.54) is 0 Å². The Hall–Kier alpha value is -2.73.